The first-order chi connectivity index (χ1) is 11.2. The van der Waals surface area contributed by atoms with E-state index in [-0.39, 0.29) is 17.6 Å². The van der Waals surface area contributed by atoms with Crippen LogP contribution in [0.4, 0.5) is 5.69 Å². The minimum Gasteiger partial charge on any atom is -0.496 e. The molecule has 1 unspecified atom stereocenters. The Morgan fingerprint density at radius 1 is 1.17 bits per heavy atom. The Morgan fingerprint density at radius 2 is 1.96 bits per heavy atom. The molecule has 2 aromatic rings. The largest absolute Gasteiger partial charge is 0.496 e. The zero-order valence-corrected chi connectivity index (χ0v) is 12.9. The minimum absolute atomic E-state index is 0.0141. The number of anilines is 1. The van der Waals surface area contributed by atoms with E-state index in [2.05, 4.69) is 0 Å². The van der Waals surface area contributed by atoms with E-state index in [4.69, 9.17) is 4.74 Å². The van der Waals surface area contributed by atoms with E-state index in [1.165, 1.54) is 0 Å². The molecule has 0 aromatic heterocycles. The average Bonchev–Trinajstić information content (AvgIpc) is 2.95. The number of rotatable bonds is 2. The fourth-order valence-electron chi connectivity index (χ4n) is 3.75. The number of ether oxygens (including phenoxy) is 1. The summed E-state index contributed by atoms with van der Waals surface area (Å²) in [6.45, 7) is 0.564. The van der Waals surface area contributed by atoms with Crippen LogP contribution in [-0.4, -0.2) is 25.3 Å². The fourth-order valence-corrected chi connectivity index (χ4v) is 3.75. The third-order valence-electron chi connectivity index (χ3n) is 4.73. The summed E-state index contributed by atoms with van der Waals surface area (Å²) < 4.78 is 5.42. The lowest BCUT2D eigenvalue weighted by atomic mass is 9.83. The third kappa shape index (κ3) is 2.13. The lowest BCUT2D eigenvalue weighted by molar-refractivity contribution is -0.119. The van der Waals surface area contributed by atoms with Crippen molar-refractivity contribution in [3.8, 4) is 5.75 Å². The number of methoxy groups -OCH3 is 1. The van der Waals surface area contributed by atoms with Crippen molar-refractivity contribution in [3.63, 3.8) is 0 Å². The summed E-state index contributed by atoms with van der Waals surface area (Å²) in [6, 6.07) is 13.1. The molecule has 0 saturated carbocycles. The monoisotopic (exact) mass is 307 g/mol. The standard InChI is InChI=1S/C19H17NO3/c1-23-17-8-7-16-18-13(9-14(21)10-15(17)18)11-20(16)19(22)12-5-3-2-4-6-12/h2-8,13H,9-11H2,1H3. The summed E-state index contributed by atoms with van der Waals surface area (Å²) >= 11 is 0. The Balaban J connectivity index is 1.80. The van der Waals surface area contributed by atoms with Gasteiger partial charge in [0.2, 0.25) is 0 Å². The van der Waals surface area contributed by atoms with Gasteiger partial charge < -0.3 is 9.64 Å². The first-order valence-electron chi connectivity index (χ1n) is 7.77. The molecule has 116 valence electrons. The molecule has 23 heavy (non-hydrogen) atoms. The number of Topliss-reactive ketones (excluding diaryl/α,β-unsaturated/α-hetero) is 1. The van der Waals surface area contributed by atoms with Crippen molar-refractivity contribution in [1.29, 1.82) is 0 Å². The molecule has 1 amide bonds. The number of hydrogen-bond donors (Lipinski definition) is 0. The minimum atomic E-state index is -0.0141. The smallest absolute Gasteiger partial charge is 0.258 e. The van der Waals surface area contributed by atoms with Crippen molar-refractivity contribution in [2.75, 3.05) is 18.6 Å². The molecule has 4 rings (SSSR count). The molecule has 4 nitrogen and oxygen atoms in total. The number of nitrogens with zero attached hydrogens (tertiary/aromatic N) is 1. The van der Waals surface area contributed by atoms with Gasteiger partial charge in [0.25, 0.3) is 5.91 Å². The van der Waals surface area contributed by atoms with E-state index in [0.29, 0.717) is 24.9 Å². The van der Waals surface area contributed by atoms with Gasteiger partial charge in [0.15, 0.2) is 0 Å². The van der Waals surface area contributed by atoms with Crippen LogP contribution < -0.4 is 9.64 Å². The first-order valence-corrected chi connectivity index (χ1v) is 7.77. The summed E-state index contributed by atoms with van der Waals surface area (Å²) in [7, 11) is 1.62. The van der Waals surface area contributed by atoms with Crippen LogP contribution in [0.1, 0.15) is 33.8 Å². The molecule has 1 aliphatic heterocycles. The van der Waals surface area contributed by atoms with E-state index in [9.17, 15) is 9.59 Å². The van der Waals surface area contributed by atoms with Crippen molar-refractivity contribution in [1.82, 2.24) is 0 Å². The lowest BCUT2D eigenvalue weighted by Crippen LogP contribution is -2.30. The summed E-state index contributed by atoms with van der Waals surface area (Å²) in [5.74, 6) is 1.03. The van der Waals surface area contributed by atoms with Gasteiger partial charge >= 0.3 is 0 Å². The van der Waals surface area contributed by atoms with Crippen LogP contribution in [-0.2, 0) is 11.2 Å². The molecule has 0 bridgehead atoms. The Bertz CT molecular complexity index is 798. The second kappa shape index (κ2) is 5.23. The first kappa shape index (κ1) is 14.0. The fraction of sp³-hybridized carbons (Fsp3) is 0.263. The zero-order chi connectivity index (χ0) is 16.0. The Kier molecular flexibility index (Phi) is 3.18. The third-order valence-corrected chi connectivity index (χ3v) is 4.73. The van der Waals surface area contributed by atoms with E-state index < -0.39 is 0 Å². The normalized spacial score (nSPS) is 18.7. The quantitative estimate of drug-likeness (QED) is 0.857. The maximum absolute atomic E-state index is 12.8. The Morgan fingerprint density at radius 3 is 2.70 bits per heavy atom. The molecule has 0 N–H and O–H groups in total. The highest BCUT2D eigenvalue weighted by Crippen LogP contribution is 2.47. The van der Waals surface area contributed by atoms with Gasteiger partial charge in [-0.05, 0) is 29.8 Å². The second-order valence-electron chi connectivity index (χ2n) is 6.08. The highest BCUT2D eigenvalue weighted by Gasteiger charge is 2.39. The van der Waals surface area contributed by atoms with Gasteiger partial charge in [0, 0.05) is 42.1 Å². The predicted octanol–water partition coefficient (Wildman–Crippen LogP) is 2.95. The number of carbonyl (C=O) groups excluding carboxylic acids is 2. The molecule has 0 radical (unpaired) electrons. The van der Waals surface area contributed by atoms with Gasteiger partial charge in [0.1, 0.15) is 11.5 Å². The second-order valence-corrected chi connectivity index (χ2v) is 6.08. The SMILES string of the molecule is COc1ccc2c3c1CC(=O)CC3CN2C(=O)c1ccccc1. The van der Waals surface area contributed by atoms with Gasteiger partial charge in [-0.1, -0.05) is 18.2 Å². The van der Waals surface area contributed by atoms with Crippen molar-refractivity contribution < 1.29 is 14.3 Å². The average molecular weight is 307 g/mol. The van der Waals surface area contributed by atoms with Crippen LogP contribution in [0.3, 0.4) is 0 Å². The molecule has 1 aliphatic carbocycles. The van der Waals surface area contributed by atoms with Crippen LogP contribution in [0, 0.1) is 0 Å². The highest BCUT2D eigenvalue weighted by molar-refractivity contribution is 6.08. The number of amides is 1. The molecule has 1 heterocycles. The predicted molar refractivity (Wildman–Crippen MR) is 87.2 cm³/mol. The van der Waals surface area contributed by atoms with Crippen LogP contribution in [0.5, 0.6) is 5.75 Å². The number of ketones is 1. The van der Waals surface area contributed by atoms with E-state index in [0.717, 1.165) is 22.6 Å². The summed E-state index contributed by atoms with van der Waals surface area (Å²) in [5, 5.41) is 0. The van der Waals surface area contributed by atoms with E-state index >= 15 is 0 Å². The highest BCUT2D eigenvalue weighted by atomic mass is 16.5. The van der Waals surface area contributed by atoms with Crippen molar-refractivity contribution in [3.05, 3.63) is 59.2 Å². The topological polar surface area (TPSA) is 46.6 Å². The molecular formula is C19H17NO3. The Labute approximate surface area is 134 Å². The molecule has 0 spiro atoms. The summed E-state index contributed by atoms with van der Waals surface area (Å²) in [6.07, 6.45) is 0.905. The van der Waals surface area contributed by atoms with Crippen LogP contribution >= 0.6 is 0 Å². The zero-order valence-electron chi connectivity index (χ0n) is 12.9. The lowest BCUT2D eigenvalue weighted by Gasteiger charge is -2.21. The van der Waals surface area contributed by atoms with E-state index in [1.807, 2.05) is 42.5 Å². The van der Waals surface area contributed by atoms with Crippen LogP contribution in [0.15, 0.2) is 42.5 Å². The number of benzene rings is 2. The van der Waals surface area contributed by atoms with Gasteiger partial charge in [-0.2, -0.15) is 0 Å². The van der Waals surface area contributed by atoms with Gasteiger partial charge in [-0.15, -0.1) is 0 Å². The van der Waals surface area contributed by atoms with Crippen LogP contribution in [0.25, 0.3) is 0 Å². The maximum atomic E-state index is 12.8. The number of carbonyl (C=O) groups is 2. The molecule has 0 fully saturated rings. The molecule has 4 heteroatoms. The maximum Gasteiger partial charge on any atom is 0.258 e. The molecule has 2 aromatic carbocycles. The van der Waals surface area contributed by atoms with Crippen LogP contribution in [0.2, 0.25) is 0 Å². The Hall–Kier alpha value is -2.62. The molecule has 0 saturated heterocycles. The summed E-state index contributed by atoms with van der Waals surface area (Å²) in [5.41, 5.74) is 3.66. The summed E-state index contributed by atoms with van der Waals surface area (Å²) in [4.78, 5) is 26.7. The molecule has 2 aliphatic rings. The van der Waals surface area contributed by atoms with Crippen molar-refractivity contribution in [2.45, 2.75) is 18.8 Å². The van der Waals surface area contributed by atoms with Gasteiger partial charge in [-0.25, -0.2) is 0 Å². The molecular weight excluding hydrogens is 290 g/mol. The number of hydrogen-bond acceptors (Lipinski definition) is 3. The van der Waals surface area contributed by atoms with Gasteiger partial charge in [-0.3, -0.25) is 9.59 Å². The van der Waals surface area contributed by atoms with Gasteiger partial charge in [0.05, 0.1) is 7.11 Å². The van der Waals surface area contributed by atoms with Crippen molar-refractivity contribution >= 4 is 17.4 Å². The van der Waals surface area contributed by atoms with E-state index in [1.54, 1.807) is 12.0 Å². The molecule has 1 atom stereocenters. The van der Waals surface area contributed by atoms with Crippen molar-refractivity contribution in [2.24, 2.45) is 0 Å².